The molecule has 164 valence electrons. The molecular formula is C22H24FN9. The molecule has 1 N–H and O–H groups in total. The third-order valence-corrected chi connectivity index (χ3v) is 5.76. The van der Waals surface area contributed by atoms with Crippen molar-refractivity contribution in [3.05, 3.63) is 65.0 Å². The highest BCUT2D eigenvalue weighted by Gasteiger charge is 2.31. The molecule has 0 saturated heterocycles. The molecule has 1 aliphatic rings. The predicted octanol–water partition coefficient (Wildman–Crippen LogP) is 3.26. The lowest BCUT2D eigenvalue weighted by atomic mass is 9.99. The number of nitrogens with one attached hydrogen (secondary N) is 1. The third kappa shape index (κ3) is 3.77. The van der Waals surface area contributed by atoms with Gasteiger partial charge in [0.2, 0.25) is 5.82 Å². The summed E-state index contributed by atoms with van der Waals surface area (Å²) in [5.41, 5.74) is 4.81. The summed E-state index contributed by atoms with van der Waals surface area (Å²) in [5, 5.41) is 27.0. The van der Waals surface area contributed by atoms with E-state index in [1.807, 2.05) is 24.4 Å². The Hall–Kier alpha value is -3.53. The van der Waals surface area contributed by atoms with Crippen molar-refractivity contribution in [2.75, 3.05) is 0 Å². The zero-order valence-corrected chi connectivity index (χ0v) is 18.2. The Morgan fingerprint density at radius 2 is 2.12 bits per heavy atom. The molecule has 5 rings (SSSR count). The Bertz CT molecular complexity index is 1220. The monoisotopic (exact) mass is 433 g/mol. The average molecular weight is 433 g/mol. The van der Waals surface area contributed by atoms with Crippen LogP contribution in [-0.2, 0) is 19.5 Å². The minimum atomic E-state index is -0.382. The number of hydrogen-bond acceptors (Lipinski definition) is 7. The van der Waals surface area contributed by atoms with Gasteiger partial charge >= 0.3 is 0 Å². The highest BCUT2D eigenvalue weighted by atomic mass is 19.1. The van der Waals surface area contributed by atoms with Gasteiger partial charge in [-0.15, -0.1) is 10.2 Å². The van der Waals surface area contributed by atoms with Crippen LogP contribution >= 0.6 is 0 Å². The van der Waals surface area contributed by atoms with Crippen LogP contribution in [0.3, 0.4) is 0 Å². The third-order valence-electron chi connectivity index (χ3n) is 5.76. The molecule has 1 aliphatic heterocycles. The fourth-order valence-corrected chi connectivity index (χ4v) is 4.27. The Labute approximate surface area is 184 Å². The van der Waals surface area contributed by atoms with E-state index in [-0.39, 0.29) is 23.2 Å². The van der Waals surface area contributed by atoms with E-state index >= 15 is 4.39 Å². The first-order valence-electron chi connectivity index (χ1n) is 10.6. The predicted molar refractivity (Wildman–Crippen MR) is 115 cm³/mol. The lowest BCUT2D eigenvalue weighted by Gasteiger charge is -2.21. The van der Waals surface area contributed by atoms with Crippen molar-refractivity contribution < 1.29 is 4.39 Å². The summed E-state index contributed by atoms with van der Waals surface area (Å²) >= 11 is 0. The number of fused-ring (bicyclic) bond motifs is 1. The zero-order chi connectivity index (χ0) is 22.2. The lowest BCUT2D eigenvalue weighted by Crippen LogP contribution is -2.21. The lowest BCUT2D eigenvalue weighted by molar-refractivity contribution is 0.213. The van der Waals surface area contributed by atoms with Crippen molar-refractivity contribution in [1.29, 1.82) is 0 Å². The molecule has 0 aliphatic carbocycles. The number of rotatable bonds is 6. The minimum Gasteiger partial charge on any atom is -0.285 e. The molecule has 10 heteroatoms. The fourth-order valence-electron chi connectivity index (χ4n) is 4.27. The Morgan fingerprint density at radius 1 is 1.25 bits per heavy atom. The van der Waals surface area contributed by atoms with E-state index in [1.54, 1.807) is 16.9 Å². The number of halogens is 1. The molecule has 32 heavy (non-hydrogen) atoms. The van der Waals surface area contributed by atoms with Gasteiger partial charge < -0.3 is 0 Å². The number of aromatic amines is 1. The van der Waals surface area contributed by atoms with E-state index in [0.29, 0.717) is 24.7 Å². The van der Waals surface area contributed by atoms with Gasteiger partial charge in [0.25, 0.3) is 0 Å². The number of aromatic nitrogens is 8. The molecular weight excluding hydrogens is 409 g/mol. The normalized spacial score (nSPS) is 16.1. The summed E-state index contributed by atoms with van der Waals surface area (Å²) in [6.07, 6.45) is 4.41. The van der Waals surface area contributed by atoms with Crippen LogP contribution in [0.25, 0.3) is 17.1 Å². The van der Waals surface area contributed by atoms with Crippen LogP contribution in [-0.4, -0.2) is 45.5 Å². The van der Waals surface area contributed by atoms with Gasteiger partial charge in [0.15, 0.2) is 0 Å². The standard InChI is InChI=1S/C22H24FN9/c1-13(2)7-15-8-18(23)21(22-26-29-30-27-22)20(9-15)32-11-17-14(3)31(12-19(17)28-32)10-16-5-4-6-24-25-16/h4-6,8-9,11,13-14H,7,10,12H2,1-3H3,(H,26,27,29,30). The second kappa shape index (κ2) is 8.19. The maximum absolute atomic E-state index is 15.2. The summed E-state index contributed by atoms with van der Waals surface area (Å²) in [4.78, 5) is 2.29. The van der Waals surface area contributed by atoms with Crippen LogP contribution in [0, 0.1) is 11.7 Å². The van der Waals surface area contributed by atoms with Crippen LogP contribution in [0.5, 0.6) is 0 Å². The molecule has 0 amide bonds. The van der Waals surface area contributed by atoms with Gasteiger partial charge in [0, 0.05) is 37.1 Å². The van der Waals surface area contributed by atoms with E-state index in [1.165, 1.54) is 0 Å². The van der Waals surface area contributed by atoms with Gasteiger partial charge in [-0.1, -0.05) is 13.8 Å². The van der Waals surface area contributed by atoms with Gasteiger partial charge in [0.1, 0.15) is 5.82 Å². The average Bonchev–Trinajstić information content (AvgIpc) is 3.47. The second-order valence-corrected chi connectivity index (χ2v) is 8.58. The molecule has 1 unspecified atom stereocenters. The van der Waals surface area contributed by atoms with Crippen LogP contribution in [0.15, 0.2) is 36.7 Å². The summed E-state index contributed by atoms with van der Waals surface area (Å²) < 4.78 is 17.0. The summed E-state index contributed by atoms with van der Waals surface area (Å²) in [6.45, 7) is 7.74. The van der Waals surface area contributed by atoms with Crippen molar-refractivity contribution in [3.8, 4) is 17.1 Å². The molecule has 1 aromatic carbocycles. The highest BCUT2D eigenvalue weighted by Crippen LogP contribution is 2.36. The smallest absolute Gasteiger partial charge is 0.209 e. The van der Waals surface area contributed by atoms with Crippen LogP contribution < -0.4 is 0 Å². The van der Waals surface area contributed by atoms with Gasteiger partial charge in [-0.2, -0.15) is 20.5 Å². The van der Waals surface area contributed by atoms with Crippen molar-refractivity contribution in [1.82, 2.24) is 45.5 Å². The molecule has 9 nitrogen and oxygen atoms in total. The van der Waals surface area contributed by atoms with Crippen LogP contribution in [0.2, 0.25) is 0 Å². The van der Waals surface area contributed by atoms with Gasteiger partial charge in [0.05, 0.1) is 22.6 Å². The van der Waals surface area contributed by atoms with Crippen molar-refractivity contribution in [2.24, 2.45) is 5.92 Å². The van der Waals surface area contributed by atoms with Gasteiger partial charge in [-0.25, -0.2) is 9.07 Å². The minimum absolute atomic E-state index is 0.151. The summed E-state index contributed by atoms with van der Waals surface area (Å²) in [6, 6.07) is 7.53. The number of tetrazole rings is 1. The molecule has 0 spiro atoms. The molecule has 0 saturated carbocycles. The van der Waals surface area contributed by atoms with Crippen molar-refractivity contribution in [3.63, 3.8) is 0 Å². The second-order valence-electron chi connectivity index (χ2n) is 8.58. The molecule has 4 heterocycles. The maximum Gasteiger partial charge on any atom is 0.209 e. The van der Waals surface area contributed by atoms with Gasteiger partial charge in [-0.3, -0.25) is 4.90 Å². The van der Waals surface area contributed by atoms with E-state index in [0.717, 1.165) is 28.9 Å². The molecule has 0 bridgehead atoms. The Balaban J connectivity index is 1.51. The first-order chi connectivity index (χ1) is 15.5. The van der Waals surface area contributed by atoms with E-state index in [2.05, 4.69) is 56.5 Å². The van der Waals surface area contributed by atoms with Crippen LogP contribution in [0.4, 0.5) is 4.39 Å². The maximum atomic E-state index is 15.2. The largest absolute Gasteiger partial charge is 0.285 e. The number of benzene rings is 1. The first-order valence-corrected chi connectivity index (χ1v) is 10.6. The van der Waals surface area contributed by atoms with E-state index < -0.39 is 0 Å². The zero-order valence-electron chi connectivity index (χ0n) is 18.2. The molecule has 0 radical (unpaired) electrons. The number of H-pyrrole nitrogens is 1. The van der Waals surface area contributed by atoms with Crippen LogP contribution in [0.1, 0.15) is 49.3 Å². The van der Waals surface area contributed by atoms with Gasteiger partial charge in [-0.05, 0) is 54.3 Å². The quantitative estimate of drug-likeness (QED) is 0.498. The molecule has 3 aromatic heterocycles. The molecule has 1 atom stereocenters. The SMILES string of the molecule is CC(C)Cc1cc(F)c(-c2nn[nH]n2)c(-n2cc3c(n2)CN(Cc2cccnn2)C3C)c1. The van der Waals surface area contributed by atoms with E-state index in [4.69, 9.17) is 5.10 Å². The number of nitrogens with zero attached hydrogens (tertiary/aromatic N) is 8. The first kappa shape index (κ1) is 20.4. The fraction of sp³-hybridized carbons (Fsp3) is 0.364. The topological polar surface area (TPSA) is 101 Å². The highest BCUT2D eigenvalue weighted by molar-refractivity contribution is 5.68. The Morgan fingerprint density at radius 3 is 2.81 bits per heavy atom. The van der Waals surface area contributed by atoms with E-state index in [9.17, 15) is 0 Å². The molecule has 0 fully saturated rings. The molecule has 4 aromatic rings. The van der Waals surface area contributed by atoms with Crippen molar-refractivity contribution in [2.45, 2.75) is 46.3 Å². The Kier molecular flexibility index (Phi) is 5.22. The summed E-state index contributed by atoms with van der Waals surface area (Å²) in [5.74, 6) is 0.227. The number of hydrogen-bond donors (Lipinski definition) is 1. The summed E-state index contributed by atoms with van der Waals surface area (Å²) in [7, 11) is 0. The van der Waals surface area contributed by atoms with Crippen molar-refractivity contribution >= 4 is 0 Å².